The van der Waals surface area contributed by atoms with Crippen molar-refractivity contribution in [2.45, 2.75) is 6.54 Å². The number of hydrogen-bond donors (Lipinski definition) is 2. The van der Waals surface area contributed by atoms with Gasteiger partial charge in [0.15, 0.2) is 5.11 Å². The van der Waals surface area contributed by atoms with Gasteiger partial charge in [-0.05, 0) is 45.8 Å². The molecule has 0 amide bonds. The van der Waals surface area contributed by atoms with E-state index in [1.807, 2.05) is 18.2 Å². The predicted molar refractivity (Wildman–Crippen MR) is 104 cm³/mol. The van der Waals surface area contributed by atoms with Gasteiger partial charge in [-0.1, -0.05) is 18.2 Å². The summed E-state index contributed by atoms with van der Waals surface area (Å²) in [6.07, 6.45) is 1.46. The second-order valence-electron chi connectivity index (χ2n) is 4.87. The number of hydrazone groups is 1. The first-order valence-electron chi connectivity index (χ1n) is 7.13. The number of methoxy groups -OCH3 is 1. The minimum absolute atomic E-state index is 0.00901. The van der Waals surface area contributed by atoms with Crippen molar-refractivity contribution in [3.63, 3.8) is 0 Å². The van der Waals surface area contributed by atoms with E-state index < -0.39 is 4.92 Å². The molecule has 0 bridgehead atoms. The Labute approximate surface area is 158 Å². The minimum atomic E-state index is -0.454. The molecule has 0 aliphatic carbocycles. The molecule has 7 nitrogen and oxygen atoms in total. The van der Waals surface area contributed by atoms with Crippen molar-refractivity contribution in [3.8, 4) is 5.75 Å². The van der Waals surface area contributed by atoms with Gasteiger partial charge in [0.05, 0.1) is 22.7 Å². The summed E-state index contributed by atoms with van der Waals surface area (Å²) < 4.78 is 6.04. The van der Waals surface area contributed by atoms with E-state index in [1.54, 1.807) is 19.2 Å². The number of non-ortho nitro benzene ring substituents is 1. The van der Waals surface area contributed by atoms with E-state index in [0.29, 0.717) is 17.2 Å². The quantitative estimate of drug-likeness (QED) is 0.321. The van der Waals surface area contributed by atoms with Gasteiger partial charge in [0.25, 0.3) is 5.69 Å². The molecule has 0 unspecified atom stereocenters. The van der Waals surface area contributed by atoms with Crippen LogP contribution in [-0.2, 0) is 6.54 Å². The molecule has 0 aliphatic heterocycles. The highest BCUT2D eigenvalue weighted by Crippen LogP contribution is 2.25. The highest BCUT2D eigenvalue weighted by atomic mass is 79.9. The fourth-order valence-corrected chi connectivity index (χ4v) is 2.64. The molecule has 0 radical (unpaired) electrons. The molecule has 25 heavy (non-hydrogen) atoms. The van der Waals surface area contributed by atoms with Crippen LogP contribution in [0.1, 0.15) is 11.1 Å². The van der Waals surface area contributed by atoms with Crippen LogP contribution in [0.2, 0.25) is 0 Å². The van der Waals surface area contributed by atoms with Crippen LogP contribution in [0.4, 0.5) is 5.69 Å². The van der Waals surface area contributed by atoms with Crippen LogP contribution in [0.5, 0.6) is 5.75 Å². The number of halogens is 1. The van der Waals surface area contributed by atoms with E-state index in [2.05, 4.69) is 31.8 Å². The molecule has 2 aromatic carbocycles. The molecule has 0 aliphatic rings. The summed E-state index contributed by atoms with van der Waals surface area (Å²) in [7, 11) is 1.61. The van der Waals surface area contributed by atoms with E-state index in [1.165, 1.54) is 18.3 Å². The van der Waals surface area contributed by atoms with Crippen molar-refractivity contribution >= 4 is 45.2 Å². The minimum Gasteiger partial charge on any atom is -0.496 e. The van der Waals surface area contributed by atoms with Gasteiger partial charge in [-0.25, -0.2) is 0 Å². The Hall–Kier alpha value is -2.52. The lowest BCUT2D eigenvalue weighted by Gasteiger charge is -2.09. The van der Waals surface area contributed by atoms with Crippen molar-refractivity contribution in [2.75, 3.05) is 7.11 Å². The normalized spacial score (nSPS) is 10.5. The fourth-order valence-electron chi connectivity index (χ4n) is 1.93. The topological polar surface area (TPSA) is 88.8 Å². The van der Waals surface area contributed by atoms with E-state index in [4.69, 9.17) is 17.0 Å². The molecule has 0 fully saturated rings. The third-order valence-electron chi connectivity index (χ3n) is 3.13. The van der Waals surface area contributed by atoms with Crippen molar-refractivity contribution in [1.29, 1.82) is 0 Å². The lowest BCUT2D eigenvalue weighted by atomic mass is 10.2. The molecular weight excluding hydrogens is 408 g/mol. The van der Waals surface area contributed by atoms with Crippen LogP contribution in [0.25, 0.3) is 0 Å². The zero-order valence-electron chi connectivity index (χ0n) is 13.2. The summed E-state index contributed by atoms with van der Waals surface area (Å²) in [5.74, 6) is 0.756. The average molecular weight is 423 g/mol. The number of nitrogens with zero attached hydrogens (tertiary/aromatic N) is 2. The number of rotatable bonds is 6. The Bertz CT molecular complexity index is 814. The summed E-state index contributed by atoms with van der Waals surface area (Å²) in [5.41, 5.74) is 4.29. The number of hydrogen-bond acceptors (Lipinski definition) is 5. The first-order valence-corrected chi connectivity index (χ1v) is 8.33. The highest BCUT2D eigenvalue weighted by molar-refractivity contribution is 9.10. The molecule has 2 rings (SSSR count). The van der Waals surface area contributed by atoms with Gasteiger partial charge in [0.1, 0.15) is 5.75 Å². The maximum atomic E-state index is 10.7. The Morgan fingerprint density at radius 1 is 1.40 bits per heavy atom. The highest BCUT2D eigenvalue weighted by Gasteiger charge is 2.04. The third-order valence-corrected chi connectivity index (χ3v) is 3.99. The maximum Gasteiger partial charge on any atom is 0.270 e. The van der Waals surface area contributed by atoms with Crippen LogP contribution in [0, 0.1) is 10.1 Å². The number of ether oxygens (including phenoxy) is 1. The van der Waals surface area contributed by atoms with E-state index in [0.717, 1.165) is 15.8 Å². The number of nitro groups is 1. The van der Waals surface area contributed by atoms with E-state index in [9.17, 15) is 10.1 Å². The van der Waals surface area contributed by atoms with Crippen LogP contribution < -0.4 is 15.5 Å². The van der Waals surface area contributed by atoms with E-state index in [-0.39, 0.29) is 5.69 Å². The first-order chi connectivity index (χ1) is 12.0. The van der Waals surface area contributed by atoms with Crippen molar-refractivity contribution in [3.05, 3.63) is 68.2 Å². The standard InChI is InChI=1S/C16H15BrN4O3S/c1-24-15-6-5-12(8-14(15)17)9-18-16(25)20-19-10-11-3-2-4-13(7-11)21(22)23/h2-8,10H,9H2,1H3,(H2,18,20,25)/b19-10+. The van der Waals surface area contributed by atoms with E-state index >= 15 is 0 Å². The second-order valence-corrected chi connectivity index (χ2v) is 6.14. The Kier molecular flexibility index (Phi) is 6.84. The lowest BCUT2D eigenvalue weighted by Crippen LogP contribution is -2.31. The molecule has 0 heterocycles. The van der Waals surface area contributed by atoms with Gasteiger partial charge < -0.3 is 10.1 Å². The lowest BCUT2D eigenvalue weighted by molar-refractivity contribution is -0.384. The molecule has 0 saturated carbocycles. The Balaban J connectivity index is 1.85. The van der Waals surface area contributed by atoms with Gasteiger partial charge in [-0.3, -0.25) is 15.5 Å². The molecule has 0 saturated heterocycles. The van der Waals surface area contributed by atoms with Crippen LogP contribution >= 0.6 is 28.1 Å². The number of benzene rings is 2. The third kappa shape index (κ3) is 5.80. The summed E-state index contributed by atoms with van der Waals surface area (Å²) in [5, 5.41) is 18.0. The molecule has 130 valence electrons. The van der Waals surface area contributed by atoms with Crippen molar-refractivity contribution in [2.24, 2.45) is 5.10 Å². The number of thiocarbonyl (C=S) groups is 1. The predicted octanol–water partition coefficient (Wildman–Crippen LogP) is 3.36. The zero-order chi connectivity index (χ0) is 18.2. The van der Waals surface area contributed by atoms with Gasteiger partial charge in [-0.2, -0.15) is 5.10 Å². The molecular formula is C16H15BrN4O3S. The van der Waals surface area contributed by atoms with Crippen LogP contribution in [0.3, 0.4) is 0 Å². The Morgan fingerprint density at radius 3 is 2.88 bits per heavy atom. The molecule has 0 spiro atoms. The zero-order valence-corrected chi connectivity index (χ0v) is 15.6. The van der Waals surface area contributed by atoms with Crippen molar-refractivity contribution in [1.82, 2.24) is 10.7 Å². The van der Waals surface area contributed by atoms with Crippen LogP contribution in [0.15, 0.2) is 52.0 Å². The number of nitrogens with one attached hydrogen (secondary N) is 2. The SMILES string of the molecule is COc1ccc(CNC(=S)N/N=C/c2cccc([N+](=O)[O-])c2)cc1Br. The molecule has 2 N–H and O–H groups in total. The van der Waals surface area contributed by atoms with Crippen molar-refractivity contribution < 1.29 is 9.66 Å². The van der Waals surface area contributed by atoms with Gasteiger partial charge in [0, 0.05) is 24.2 Å². The maximum absolute atomic E-state index is 10.7. The number of nitro benzene ring substituents is 1. The second kappa shape index (κ2) is 9.09. The molecule has 0 atom stereocenters. The summed E-state index contributed by atoms with van der Waals surface area (Å²) in [6.45, 7) is 0.515. The molecule has 0 aromatic heterocycles. The monoisotopic (exact) mass is 422 g/mol. The molecule has 9 heteroatoms. The molecule has 2 aromatic rings. The van der Waals surface area contributed by atoms with Gasteiger partial charge >= 0.3 is 0 Å². The van der Waals surface area contributed by atoms with Crippen LogP contribution in [-0.4, -0.2) is 23.4 Å². The smallest absolute Gasteiger partial charge is 0.270 e. The summed E-state index contributed by atoms with van der Waals surface area (Å²) >= 11 is 8.56. The van der Waals surface area contributed by atoms with Gasteiger partial charge in [0.2, 0.25) is 0 Å². The average Bonchev–Trinajstić information content (AvgIpc) is 2.60. The largest absolute Gasteiger partial charge is 0.496 e. The Morgan fingerprint density at radius 2 is 2.20 bits per heavy atom. The summed E-state index contributed by atoms with van der Waals surface area (Å²) in [6, 6.07) is 11.9. The van der Waals surface area contributed by atoms with Gasteiger partial charge in [-0.15, -0.1) is 0 Å². The first kappa shape index (κ1) is 18.8. The summed E-state index contributed by atoms with van der Waals surface area (Å²) in [4.78, 5) is 10.3. The fraction of sp³-hybridized carbons (Fsp3) is 0.125.